The van der Waals surface area contributed by atoms with E-state index in [0.29, 0.717) is 5.69 Å². The van der Waals surface area contributed by atoms with Crippen molar-refractivity contribution in [1.29, 1.82) is 0 Å². The van der Waals surface area contributed by atoms with Crippen LogP contribution in [0.1, 0.15) is 20.8 Å². The second-order valence-corrected chi connectivity index (χ2v) is 7.12. The van der Waals surface area contributed by atoms with Crippen molar-refractivity contribution in [3.8, 4) is 0 Å². The Balaban J connectivity index is 2.80. The summed E-state index contributed by atoms with van der Waals surface area (Å²) in [5, 5.41) is 11.7. The fourth-order valence-electron chi connectivity index (χ4n) is 1.35. The van der Waals surface area contributed by atoms with E-state index in [-0.39, 0.29) is 24.0 Å². The average molecular weight is 300 g/mol. The van der Waals surface area contributed by atoms with Gasteiger partial charge in [-0.25, -0.2) is 13.1 Å². The first-order valence-electron chi connectivity index (χ1n) is 6.14. The lowest BCUT2D eigenvalue weighted by molar-refractivity contribution is -0.114. The summed E-state index contributed by atoms with van der Waals surface area (Å²) in [5.41, 5.74) is 0.00978. The highest BCUT2D eigenvalue weighted by atomic mass is 32.2. The van der Waals surface area contributed by atoms with E-state index < -0.39 is 15.4 Å². The third-order valence-corrected chi connectivity index (χ3v) is 4.07. The Kier molecular flexibility index (Phi) is 5.27. The fraction of sp³-hybridized carbons (Fsp3) is 0.462. The summed E-state index contributed by atoms with van der Waals surface area (Å²) in [6.07, 6.45) is 0. The number of carbonyl (C=O) groups excluding carboxylic acids is 1. The highest BCUT2D eigenvalue weighted by Gasteiger charge is 2.21. The maximum atomic E-state index is 12.0. The highest BCUT2D eigenvalue weighted by Crippen LogP contribution is 2.16. The number of benzene rings is 1. The normalized spacial score (nSPS) is 12.2. The van der Waals surface area contributed by atoms with Crippen LogP contribution in [0.5, 0.6) is 0 Å². The molecule has 0 heterocycles. The summed E-state index contributed by atoms with van der Waals surface area (Å²) >= 11 is 0. The zero-order chi connectivity index (χ0) is 15.4. The number of nitrogens with one attached hydrogen (secondary N) is 2. The van der Waals surface area contributed by atoms with Crippen LogP contribution >= 0.6 is 0 Å². The summed E-state index contributed by atoms with van der Waals surface area (Å²) in [4.78, 5) is 11.0. The Bertz CT molecular complexity index is 565. The van der Waals surface area contributed by atoms with Gasteiger partial charge in [0.25, 0.3) is 0 Å². The Labute approximate surface area is 119 Å². The summed E-state index contributed by atoms with van der Waals surface area (Å²) in [7, 11) is -3.62. The van der Waals surface area contributed by atoms with Gasteiger partial charge in [0.15, 0.2) is 0 Å². The van der Waals surface area contributed by atoms with Gasteiger partial charge in [0.1, 0.15) is 0 Å². The molecule has 0 spiro atoms. The smallest absolute Gasteiger partial charge is 0.240 e. The summed E-state index contributed by atoms with van der Waals surface area (Å²) in [6, 6.07) is 5.87. The van der Waals surface area contributed by atoms with Gasteiger partial charge in [-0.15, -0.1) is 0 Å². The van der Waals surface area contributed by atoms with Gasteiger partial charge in [-0.1, -0.05) is 13.8 Å². The number of aliphatic hydroxyl groups is 1. The monoisotopic (exact) mass is 300 g/mol. The molecule has 3 N–H and O–H groups in total. The van der Waals surface area contributed by atoms with Crippen molar-refractivity contribution in [3.05, 3.63) is 24.3 Å². The minimum atomic E-state index is -3.62. The van der Waals surface area contributed by atoms with Crippen molar-refractivity contribution in [3.63, 3.8) is 0 Å². The second kappa shape index (κ2) is 6.34. The molecular weight excluding hydrogens is 280 g/mol. The molecule has 0 saturated heterocycles. The first-order chi connectivity index (χ1) is 9.16. The quantitative estimate of drug-likeness (QED) is 0.728. The molecule has 0 fully saturated rings. The zero-order valence-corrected chi connectivity index (χ0v) is 12.6. The van der Waals surface area contributed by atoms with Crippen molar-refractivity contribution in [2.75, 3.05) is 18.5 Å². The molecule has 1 aromatic carbocycles. The minimum Gasteiger partial charge on any atom is -0.396 e. The van der Waals surface area contributed by atoms with Gasteiger partial charge >= 0.3 is 0 Å². The van der Waals surface area contributed by atoms with Crippen molar-refractivity contribution in [2.45, 2.75) is 25.7 Å². The lowest BCUT2D eigenvalue weighted by Crippen LogP contribution is -2.36. The molecule has 1 amide bonds. The summed E-state index contributed by atoms with van der Waals surface area (Å²) in [6.45, 7) is 4.92. The molecule has 0 aliphatic heterocycles. The van der Waals surface area contributed by atoms with Crippen molar-refractivity contribution >= 4 is 21.6 Å². The largest absolute Gasteiger partial charge is 0.396 e. The van der Waals surface area contributed by atoms with Crippen LogP contribution in [0.15, 0.2) is 29.2 Å². The van der Waals surface area contributed by atoms with Crippen molar-refractivity contribution < 1.29 is 18.3 Å². The second-order valence-electron chi connectivity index (χ2n) is 5.35. The zero-order valence-electron chi connectivity index (χ0n) is 11.8. The van der Waals surface area contributed by atoms with E-state index in [0.717, 1.165) is 0 Å². The number of hydrogen-bond donors (Lipinski definition) is 3. The maximum Gasteiger partial charge on any atom is 0.240 e. The molecule has 1 aromatic rings. The van der Waals surface area contributed by atoms with E-state index in [4.69, 9.17) is 5.11 Å². The van der Waals surface area contributed by atoms with Crippen molar-refractivity contribution in [2.24, 2.45) is 5.41 Å². The molecule has 0 unspecified atom stereocenters. The molecule has 1 rings (SSSR count). The number of amides is 1. The molecule has 112 valence electrons. The Morgan fingerprint density at radius 3 is 2.25 bits per heavy atom. The molecular formula is C13H20N2O4S. The molecule has 7 heteroatoms. The van der Waals surface area contributed by atoms with Gasteiger partial charge in [-0.05, 0) is 24.3 Å². The predicted molar refractivity (Wildman–Crippen MR) is 76.8 cm³/mol. The van der Waals surface area contributed by atoms with Gasteiger partial charge in [-0.2, -0.15) is 0 Å². The minimum absolute atomic E-state index is 0.111. The molecule has 0 aliphatic carbocycles. The lowest BCUT2D eigenvalue weighted by Gasteiger charge is -2.21. The third-order valence-electron chi connectivity index (χ3n) is 2.65. The topological polar surface area (TPSA) is 95.5 Å². The number of aliphatic hydroxyl groups excluding tert-OH is 1. The number of sulfonamides is 1. The molecule has 0 aromatic heterocycles. The number of carbonyl (C=O) groups is 1. The predicted octanol–water partition coefficient (Wildman–Crippen LogP) is 0.942. The van der Waals surface area contributed by atoms with Gasteiger partial charge in [0.2, 0.25) is 15.9 Å². The molecule has 0 saturated carbocycles. The average Bonchev–Trinajstić information content (AvgIpc) is 2.37. The van der Waals surface area contributed by atoms with E-state index >= 15 is 0 Å². The lowest BCUT2D eigenvalue weighted by atomic mass is 9.96. The number of anilines is 1. The van der Waals surface area contributed by atoms with Crippen LogP contribution in [-0.2, 0) is 14.8 Å². The van der Waals surface area contributed by atoms with Crippen LogP contribution in [0.2, 0.25) is 0 Å². The number of hydrogen-bond acceptors (Lipinski definition) is 4. The Morgan fingerprint density at radius 2 is 1.80 bits per heavy atom. The van der Waals surface area contributed by atoms with E-state index in [1.54, 1.807) is 13.8 Å². The standard InChI is InChI=1S/C13H20N2O4S/c1-10(17)15-11-4-6-12(7-5-11)20(18,19)14-8-13(2,3)9-16/h4-7,14,16H,8-9H2,1-3H3,(H,15,17). The van der Waals surface area contributed by atoms with Gasteiger partial charge in [0, 0.05) is 31.2 Å². The maximum absolute atomic E-state index is 12.0. The summed E-state index contributed by atoms with van der Waals surface area (Å²) in [5.74, 6) is -0.219. The fourth-order valence-corrected chi connectivity index (χ4v) is 2.59. The van der Waals surface area contributed by atoms with Crippen LogP contribution in [-0.4, -0.2) is 32.6 Å². The van der Waals surface area contributed by atoms with Crippen LogP contribution in [0.25, 0.3) is 0 Å². The van der Waals surface area contributed by atoms with Gasteiger partial charge in [0.05, 0.1) is 4.90 Å². The molecule has 0 radical (unpaired) electrons. The van der Waals surface area contributed by atoms with Crippen LogP contribution < -0.4 is 10.0 Å². The van der Waals surface area contributed by atoms with E-state index in [1.807, 2.05) is 0 Å². The third kappa shape index (κ3) is 4.92. The van der Waals surface area contributed by atoms with Crippen molar-refractivity contribution in [1.82, 2.24) is 4.72 Å². The molecule has 0 bridgehead atoms. The highest BCUT2D eigenvalue weighted by molar-refractivity contribution is 7.89. The first kappa shape index (κ1) is 16.6. The van der Waals surface area contributed by atoms with Crippen LogP contribution in [0.4, 0.5) is 5.69 Å². The van der Waals surface area contributed by atoms with Gasteiger partial charge < -0.3 is 10.4 Å². The van der Waals surface area contributed by atoms with E-state index in [1.165, 1.54) is 31.2 Å². The van der Waals surface area contributed by atoms with Gasteiger partial charge in [-0.3, -0.25) is 4.79 Å². The molecule has 0 aliphatic rings. The van der Waals surface area contributed by atoms with E-state index in [9.17, 15) is 13.2 Å². The molecule has 20 heavy (non-hydrogen) atoms. The molecule has 6 nitrogen and oxygen atoms in total. The Morgan fingerprint density at radius 1 is 1.25 bits per heavy atom. The van der Waals surface area contributed by atoms with E-state index in [2.05, 4.69) is 10.0 Å². The number of rotatable bonds is 6. The van der Waals surface area contributed by atoms with Crippen LogP contribution in [0.3, 0.4) is 0 Å². The van der Waals surface area contributed by atoms with Crippen LogP contribution in [0, 0.1) is 5.41 Å². The molecule has 0 atom stereocenters. The summed E-state index contributed by atoms with van der Waals surface area (Å²) < 4.78 is 26.5. The first-order valence-corrected chi connectivity index (χ1v) is 7.63. The SMILES string of the molecule is CC(=O)Nc1ccc(S(=O)(=O)NCC(C)(C)CO)cc1. The Hall–Kier alpha value is -1.44.